The molecule has 0 aliphatic heterocycles. The Hall–Kier alpha value is -1.35. The van der Waals surface area contributed by atoms with Crippen LogP contribution < -0.4 is 4.72 Å². The predicted molar refractivity (Wildman–Crippen MR) is 103 cm³/mol. The molecule has 0 radical (unpaired) electrons. The molecular weight excluding hydrogens is 378 g/mol. The number of nitrogens with one attached hydrogen (secondary N) is 1. The molecule has 0 aliphatic carbocycles. The maximum atomic E-state index is 12.1. The minimum absolute atomic E-state index is 0. The van der Waals surface area contributed by atoms with Crippen molar-refractivity contribution in [3.8, 4) is 0 Å². The molecule has 2 rings (SSSR count). The van der Waals surface area contributed by atoms with E-state index in [9.17, 15) is 16.8 Å². The Morgan fingerprint density at radius 1 is 0.680 bits per heavy atom. The lowest BCUT2D eigenvalue weighted by Gasteiger charge is -2.07. The molecule has 138 valence electrons. The number of sulfonamides is 1. The van der Waals surface area contributed by atoms with Crippen LogP contribution in [0, 0.1) is 0 Å². The summed E-state index contributed by atoms with van der Waals surface area (Å²) >= 11 is 0. The zero-order chi connectivity index (χ0) is 17.5. The second-order valence-electron chi connectivity index (χ2n) is 5.40. The van der Waals surface area contributed by atoms with Gasteiger partial charge in [-0.2, -0.15) is 0 Å². The van der Waals surface area contributed by atoms with Crippen molar-refractivity contribution in [3.05, 3.63) is 60.7 Å². The van der Waals surface area contributed by atoms with Gasteiger partial charge in [0.05, 0.1) is 15.5 Å². The summed E-state index contributed by atoms with van der Waals surface area (Å²) in [5, 5.41) is 0. The summed E-state index contributed by atoms with van der Waals surface area (Å²) in [5.74, 6) is 0.0719. The van der Waals surface area contributed by atoms with Crippen LogP contribution in [-0.2, 0) is 33.4 Å². The van der Waals surface area contributed by atoms with Crippen LogP contribution in [0.5, 0.6) is 0 Å². The molecule has 0 atom stereocenters. The third kappa shape index (κ3) is 6.81. The molecule has 5 nitrogen and oxygen atoms in total. The Bertz CT molecular complexity index is 762. The third-order valence-electron chi connectivity index (χ3n) is 3.54. The van der Waals surface area contributed by atoms with E-state index < -0.39 is 19.9 Å². The van der Waals surface area contributed by atoms with Crippen molar-refractivity contribution in [2.45, 2.75) is 29.1 Å². The van der Waals surface area contributed by atoms with E-state index in [-0.39, 0.29) is 24.1 Å². The lowest BCUT2D eigenvalue weighted by atomic mass is 10.2. The fourth-order valence-corrected chi connectivity index (χ4v) is 4.72. The second kappa shape index (κ2) is 9.96. The largest absolute Gasteiger partial charge is 0.813 e. The number of thiol groups is 1. The molecule has 0 bridgehead atoms. The Labute approximate surface area is 156 Å². The maximum Gasteiger partial charge on any atom is 0.240 e. The van der Waals surface area contributed by atoms with Crippen molar-refractivity contribution in [1.29, 1.82) is 0 Å². The highest BCUT2D eigenvalue weighted by atomic mass is 32.2. The smallest absolute Gasteiger partial charge is 0.240 e. The summed E-state index contributed by atoms with van der Waals surface area (Å²) in [6.45, 7) is 0.294. The lowest BCUT2D eigenvalue weighted by Crippen LogP contribution is -2.24. The fraction of sp³-hybridized carbons (Fsp3) is 0.294. The number of hydrogen-bond donors (Lipinski definition) is 1. The van der Waals surface area contributed by atoms with Crippen LogP contribution in [0.2, 0.25) is 0 Å². The fourth-order valence-electron chi connectivity index (χ4n) is 2.23. The molecule has 1 N–H and O–H groups in total. The van der Waals surface area contributed by atoms with E-state index in [1.807, 2.05) is 0 Å². The highest BCUT2D eigenvalue weighted by Crippen LogP contribution is 2.12. The standard InChI is InChI=1S/C17H21NO4S2.H2S/c19-23(20,16-10-4-1-5-11-16)15-9-3-8-14-18-24(21,22)17-12-6-2-7-13-17;/h1-2,4-7,10-13,18H,3,8-9,14-15H2;1H2/p-1. The minimum atomic E-state index is -3.49. The first kappa shape index (κ1) is 21.7. The predicted octanol–water partition coefficient (Wildman–Crippen LogP) is 2.34. The number of unbranched alkanes of at least 4 members (excludes halogenated alkanes) is 2. The van der Waals surface area contributed by atoms with E-state index in [0.717, 1.165) is 0 Å². The first-order valence-electron chi connectivity index (χ1n) is 7.74. The lowest BCUT2D eigenvalue weighted by molar-refractivity contribution is 0.572. The highest BCUT2D eigenvalue weighted by Gasteiger charge is 2.14. The summed E-state index contributed by atoms with van der Waals surface area (Å²) in [5.41, 5.74) is 0. The van der Waals surface area contributed by atoms with Gasteiger partial charge in [-0.3, -0.25) is 0 Å². The molecule has 0 amide bonds. The van der Waals surface area contributed by atoms with Gasteiger partial charge in [0.2, 0.25) is 10.0 Å². The normalized spacial score (nSPS) is 11.7. The number of hydrogen-bond acceptors (Lipinski definition) is 5. The molecule has 25 heavy (non-hydrogen) atoms. The summed E-state index contributed by atoms with van der Waals surface area (Å²) in [6, 6.07) is 16.5. The quantitative estimate of drug-likeness (QED) is 0.397. The first-order chi connectivity index (χ1) is 11.4. The monoisotopic (exact) mass is 400 g/mol. The van der Waals surface area contributed by atoms with Gasteiger partial charge in [0.25, 0.3) is 0 Å². The van der Waals surface area contributed by atoms with Gasteiger partial charge in [-0.15, -0.1) is 0 Å². The van der Waals surface area contributed by atoms with Crippen LogP contribution in [-0.4, -0.2) is 29.1 Å². The van der Waals surface area contributed by atoms with Crippen molar-refractivity contribution in [3.63, 3.8) is 0 Å². The molecule has 0 saturated carbocycles. The van der Waals surface area contributed by atoms with Crippen LogP contribution in [0.15, 0.2) is 70.5 Å². The zero-order valence-corrected chi connectivity index (χ0v) is 16.2. The molecule has 2 aromatic carbocycles. The van der Waals surface area contributed by atoms with Crippen molar-refractivity contribution < 1.29 is 16.8 Å². The molecule has 0 fully saturated rings. The maximum absolute atomic E-state index is 12.1. The Morgan fingerprint density at radius 2 is 1.20 bits per heavy atom. The van der Waals surface area contributed by atoms with Gasteiger partial charge in [0.15, 0.2) is 9.84 Å². The van der Waals surface area contributed by atoms with E-state index in [4.69, 9.17) is 0 Å². The van der Waals surface area contributed by atoms with Gasteiger partial charge in [0, 0.05) is 6.54 Å². The SMILES string of the molecule is O=S(=O)(CCCCCNS(=O)(=O)c1ccccc1)c1ccccc1.[SH-]. The van der Waals surface area contributed by atoms with Crippen LogP contribution in [0.4, 0.5) is 0 Å². The van der Waals surface area contributed by atoms with Gasteiger partial charge in [-0.05, 0) is 37.1 Å². The average molecular weight is 401 g/mol. The molecule has 0 spiro atoms. The van der Waals surface area contributed by atoms with E-state index in [1.54, 1.807) is 48.5 Å². The number of benzene rings is 2. The molecular formula is C17H22NO4S3-. The Balaban J connectivity index is 0.00000312. The summed E-state index contributed by atoms with van der Waals surface area (Å²) in [4.78, 5) is 0.562. The number of rotatable bonds is 9. The molecule has 0 saturated heterocycles. The van der Waals surface area contributed by atoms with E-state index in [2.05, 4.69) is 4.72 Å². The average Bonchev–Trinajstić information content (AvgIpc) is 2.59. The third-order valence-corrected chi connectivity index (χ3v) is 6.83. The number of sulfone groups is 1. The van der Waals surface area contributed by atoms with Crippen molar-refractivity contribution in [2.24, 2.45) is 0 Å². The second-order valence-corrected chi connectivity index (χ2v) is 9.28. The molecule has 0 heterocycles. The topological polar surface area (TPSA) is 80.3 Å². The van der Waals surface area contributed by atoms with Crippen molar-refractivity contribution in [1.82, 2.24) is 4.72 Å². The van der Waals surface area contributed by atoms with Crippen LogP contribution in [0.25, 0.3) is 0 Å². The zero-order valence-electron chi connectivity index (χ0n) is 13.7. The summed E-state index contributed by atoms with van der Waals surface area (Å²) in [6.07, 6.45) is 1.74. The highest BCUT2D eigenvalue weighted by molar-refractivity contribution is 7.91. The van der Waals surface area contributed by atoms with Crippen molar-refractivity contribution >= 4 is 33.4 Å². The van der Waals surface area contributed by atoms with Gasteiger partial charge in [-0.1, -0.05) is 42.8 Å². The van der Waals surface area contributed by atoms with Crippen LogP contribution >= 0.6 is 0 Å². The van der Waals surface area contributed by atoms with E-state index in [1.165, 1.54) is 12.1 Å². The molecule has 0 aliphatic rings. The van der Waals surface area contributed by atoms with Gasteiger partial charge < -0.3 is 13.5 Å². The Kier molecular flexibility index (Phi) is 8.64. The van der Waals surface area contributed by atoms with Gasteiger partial charge in [0.1, 0.15) is 0 Å². The van der Waals surface area contributed by atoms with Gasteiger partial charge >= 0.3 is 0 Å². The van der Waals surface area contributed by atoms with Crippen LogP contribution in [0.3, 0.4) is 0 Å². The molecule has 0 unspecified atom stereocenters. The van der Waals surface area contributed by atoms with Crippen molar-refractivity contribution in [2.75, 3.05) is 12.3 Å². The summed E-state index contributed by atoms with van der Waals surface area (Å²) in [7, 11) is -6.74. The molecule has 0 aromatic heterocycles. The minimum Gasteiger partial charge on any atom is -0.813 e. The molecule has 2 aromatic rings. The Morgan fingerprint density at radius 3 is 1.76 bits per heavy atom. The van der Waals surface area contributed by atoms with Gasteiger partial charge in [-0.25, -0.2) is 21.6 Å². The molecule has 8 heteroatoms. The van der Waals surface area contributed by atoms with E-state index in [0.29, 0.717) is 30.7 Å². The van der Waals surface area contributed by atoms with E-state index >= 15 is 0 Å². The summed E-state index contributed by atoms with van der Waals surface area (Å²) < 4.78 is 50.7. The van der Waals surface area contributed by atoms with Crippen LogP contribution in [0.1, 0.15) is 19.3 Å². The first-order valence-corrected chi connectivity index (χ1v) is 10.9.